The first-order valence-corrected chi connectivity index (χ1v) is 13.0. The molecule has 6 rings (SSSR count). The summed E-state index contributed by atoms with van der Waals surface area (Å²) in [5.74, 6) is 5.88. The van der Waals surface area contributed by atoms with Crippen LogP contribution in [0.1, 0.15) is 45.8 Å². The number of carbonyl (C=O) groups excluding carboxylic acids is 1. The minimum atomic E-state index is -0.580. The van der Waals surface area contributed by atoms with Crippen molar-refractivity contribution in [2.45, 2.75) is 19.9 Å². The molecule has 0 aliphatic heterocycles. The Morgan fingerprint density at radius 1 is 1.07 bits per heavy atom. The highest BCUT2D eigenvalue weighted by Crippen LogP contribution is 2.24. The van der Waals surface area contributed by atoms with Crippen LogP contribution in [0.4, 0.5) is 5.82 Å². The first-order valence-electron chi connectivity index (χ1n) is 13.0. The van der Waals surface area contributed by atoms with E-state index < -0.39 is 11.9 Å². The predicted octanol–water partition coefficient (Wildman–Crippen LogP) is 3.55. The average molecular weight is 543 g/mol. The molecular formula is C31H26N8O2. The van der Waals surface area contributed by atoms with Crippen LogP contribution in [0, 0.1) is 18.8 Å². The first kappa shape index (κ1) is 25.6. The fourth-order valence-corrected chi connectivity index (χ4v) is 4.87. The summed E-state index contributed by atoms with van der Waals surface area (Å²) < 4.78 is 4.77. The highest BCUT2D eigenvalue weighted by molar-refractivity contribution is 6.04. The van der Waals surface area contributed by atoms with Crippen molar-refractivity contribution in [3.63, 3.8) is 0 Å². The number of fused-ring (bicyclic) bond motifs is 2. The zero-order valence-electron chi connectivity index (χ0n) is 22.7. The third kappa shape index (κ3) is 4.70. The number of nitrogens with zero attached hydrogens (tertiary/aromatic N) is 6. The minimum absolute atomic E-state index is 0.0728. The number of anilines is 1. The van der Waals surface area contributed by atoms with Gasteiger partial charge in [0.05, 0.1) is 23.2 Å². The van der Waals surface area contributed by atoms with Crippen LogP contribution in [0.3, 0.4) is 0 Å². The number of aryl methyl sites for hydroxylation is 2. The summed E-state index contributed by atoms with van der Waals surface area (Å²) in [5, 5.41) is 12.6. The average Bonchev–Trinajstić information content (AvgIpc) is 3.53. The Hall–Kier alpha value is -5.69. The number of rotatable bonds is 4. The molecule has 1 atom stereocenters. The summed E-state index contributed by atoms with van der Waals surface area (Å²) in [5.41, 5.74) is 9.77. The van der Waals surface area contributed by atoms with Gasteiger partial charge in [-0.3, -0.25) is 18.8 Å². The second kappa shape index (κ2) is 10.1. The zero-order chi connectivity index (χ0) is 28.7. The molecule has 0 saturated carbocycles. The van der Waals surface area contributed by atoms with Gasteiger partial charge in [-0.2, -0.15) is 5.10 Å². The van der Waals surface area contributed by atoms with E-state index >= 15 is 0 Å². The Bertz CT molecular complexity index is 2080. The highest BCUT2D eigenvalue weighted by atomic mass is 16.2. The second-order valence-electron chi connectivity index (χ2n) is 9.76. The van der Waals surface area contributed by atoms with E-state index in [9.17, 15) is 9.59 Å². The topological polar surface area (TPSA) is 125 Å². The molecule has 1 unspecified atom stereocenters. The normalized spacial score (nSPS) is 11.8. The molecule has 0 bridgehead atoms. The molecule has 0 radical (unpaired) electrons. The Balaban J connectivity index is 1.47. The molecule has 0 spiro atoms. The Morgan fingerprint density at radius 3 is 2.63 bits per heavy atom. The first-order chi connectivity index (χ1) is 19.8. The maximum absolute atomic E-state index is 14.2. The summed E-state index contributed by atoms with van der Waals surface area (Å²) in [4.78, 5) is 32.2. The van der Waals surface area contributed by atoms with Crippen LogP contribution in [0.15, 0.2) is 84.0 Å². The van der Waals surface area contributed by atoms with Crippen LogP contribution in [0.5, 0.6) is 0 Å². The van der Waals surface area contributed by atoms with E-state index in [0.717, 1.165) is 11.3 Å². The van der Waals surface area contributed by atoms with Crippen molar-refractivity contribution in [2.24, 2.45) is 7.05 Å². The van der Waals surface area contributed by atoms with Gasteiger partial charge in [0.15, 0.2) is 11.5 Å². The molecule has 6 aromatic rings. The smallest absolute Gasteiger partial charge is 0.264 e. The molecule has 0 aliphatic carbocycles. The highest BCUT2D eigenvalue weighted by Gasteiger charge is 2.24. The van der Waals surface area contributed by atoms with Gasteiger partial charge in [0.1, 0.15) is 5.56 Å². The number of aromatic nitrogens is 6. The molecule has 10 heteroatoms. The van der Waals surface area contributed by atoms with Crippen molar-refractivity contribution in [2.75, 3.05) is 5.73 Å². The number of hydrogen-bond acceptors (Lipinski definition) is 6. The third-order valence-electron chi connectivity index (χ3n) is 6.81. The summed E-state index contributed by atoms with van der Waals surface area (Å²) in [6, 6.07) is 18.0. The van der Waals surface area contributed by atoms with Crippen molar-refractivity contribution < 1.29 is 4.79 Å². The van der Waals surface area contributed by atoms with Gasteiger partial charge in [-0.1, -0.05) is 42.2 Å². The monoisotopic (exact) mass is 542 g/mol. The van der Waals surface area contributed by atoms with Crippen molar-refractivity contribution in [3.05, 3.63) is 118 Å². The quantitative estimate of drug-likeness (QED) is 0.328. The van der Waals surface area contributed by atoms with E-state index in [1.807, 2.05) is 81.7 Å². The third-order valence-corrected chi connectivity index (χ3v) is 6.81. The molecule has 0 saturated heterocycles. The molecule has 202 valence electrons. The second-order valence-corrected chi connectivity index (χ2v) is 9.76. The van der Waals surface area contributed by atoms with Crippen molar-refractivity contribution in [1.82, 2.24) is 34.3 Å². The molecule has 1 amide bonds. The standard InChI is InChI=1S/C31H26N8O2/c1-19-14-15-38-29(34-19)27(28(32)36-38)30(40)35-20(2)25-16-23-9-7-8-22(13-12-21-17-33-37(3)18-21)26(23)31(41)39(25)24-10-5-4-6-11-24/h4-11,14-18,20H,1-3H3,(H2,32,36)(H,35,40). The van der Waals surface area contributed by atoms with E-state index in [4.69, 9.17) is 5.73 Å². The van der Waals surface area contributed by atoms with Gasteiger partial charge in [-0.25, -0.2) is 9.50 Å². The summed E-state index contributed by atoms with van der Waals surface area (Å²) >= 11 is 0. The van der Waals surface area contributed by atoms with Gasteiger partial charge in [-0.15, -0.1) is 5.10 Å². The SMILES string of the molecule is Cc1ccn2nc(N)c(C(=O)NC(C)c3cc4cccc(C#Cc5cnn(C)c5)c4c(=O)n3-c3ccccc3)c2n1. The van der Waals surface area contributed by atoms with E-state index in [1.165, 1.54) is 4.52 Å². The van der Waals surface area contributed by atoms with Gasteiger partial charge in [0.2, 0.25) is 0 Å². The van der Waals surface area contributed by atoms with Crippen LogP contribution in [0.25, 0.3) is 22.1 Å². The fraction of sp³-hybridized carbons (Fsp3) is 0.129. The number of pyridine rings is 1. The molecule has 0 aliphatic rings. The lowest BCUT2D eigenvalue weighted by atomic mass is 10.0. The predicted molar refractivity (Wildman–Crippen MR) is 157 cm³/mol. The lowest BCUT2D eigenvalue weighted by Gasteiger charge is -2.21. The summed E-state index contributed by atoms with van der Waals surface area (Å²) in [6.45, 7) is 3.65. The Kier molecular flexibility index (Phi) is 6.32. The van der Waals surface area contributed by atoms with E-state index in [1.54, 1.807) is 27.7 Å². The number of nitrogens with two attached hydrogens (primary N) is 1. The number of nitrogens with one attached hydrogen (secondary N) is 1. The summed E-state index contributed by atoms with van der Waals surface area (Å²) in [7, 11) is 1.82. The van der Waals surface area contributed by atoms with Crippen LogP contribution in [-0.4, -0.2) is 34.9 Å². The van der Waals surface area contributed by atoms with Crippen molar-refractivity contribution in [3.8, 4) is 17.5 Å². The van der Waals surface area contributed by atoms with Crippen LogP contribution < -0.4 is 16.6 Å². The number of benzene rings is 2. The molecule has 10 nitrogen and oxygen atoms in total. The number of nitrogen functional groups attached to an aromatic ring is 1. The zero-order valence-corrected chi connectivity index (χ0v) is 22.7. The van der Waals surface area contributed by atoms with Crippen LogP contribution in [-0.2, 0) is 7.05 Å². The Morgan fingerprint density at radius 2 is 1.88 bits per heavy atom. The number of para-hydroxylation sites is 1. The molecular weight excluding hydrogens is 516 g/mol. The number of hydrogen-bond donors (Lipinski definition) is 2. The van der Waals surface area contributed by atoms with Gasteiger partial charge in [0.25, 0.3) is 11.5 Å². The molecule has 0 fully saturated rings. The van der Waals surface area contributed by atoms with Crippen molar-refractivity contribution in [1.29, 1.82) is 0 Å². The molecule has 3 N–H and O–H groups in total. The van der Waals surface area contributed by atoms with Crippen LogP contribution >= 0.6 is 0 Å². The molecule has 4 heterocycles. The number of amides is 1. The maximum atomic E-state index is 14.2. The van der Waals surface area contributed by atoms with Crippen molar-refractivity contribution >= 4 is 28.1 Å². The van der Waals surface area contributed by atoms with Gasteiger partial charge in [0, 0.05) is 42.1 Å². The number of carbonyl (C=O) groups is 1. The van der Waals surface area contributed by atoms with Crippen LogP contribution in [0.2, 0.25) is 0 Å². The summed E-state index contributed by atoms with van der Waals surface area (Å²) in [6.07, 6.45) is 5.20. The molecule has 4 aromatic heterocycles. The van der Waals surface area contributed by atoms with Gasteiger partial charge < -0.3 is 11.1 Å². The van der Waals surface area contributed by atoms with E-state index in [2.05, 4.69) is 32.3 Å². The molecule has 41 heavy (non-hydrogen) atoms. The molecule has 2 aromatic carbocycles. The Labute approximate surface area is 235 Å². The van der Waals surface area contributed by atoms with Gasteiger partial charge >= 0.3 is 0 Å². The van der Waals surface area contributed by atoms with E-state index in [-0.39, 0.29) is 16.9 Å². The largest absolute Gasteiger partial charge is 0.381 e. The maximum Gasteiger partial charge on any atom is 0.264 e. The van der Waals surface area contributed by atoms with Gasteiger partial charge in [-0.05, 0) is 49.6 Å². The fourth-order valence-electron chi connectivity index (χ4n) is 4.87. The lowest BCUT2D eigenvalue weighted by molar-refractivity contribution is 0.0941. The lowest BCUT2D eigenvalue weighted by Crippen LogP contribution is -2.32. The van der Waals surface area contributed by atoms with E-state index in [0.29, 0.717) is 33.4 Å². The minimum Gasteiger partial charge on any atom is -0.381 e.